The molecule has 1 heterocycles. The molecule has 0 spiro atoms. The number of carbonyl (C=O) groups is 2. The van der Waals surface area contributed by atoms with E-state index in [4.69, 9.17) is 0 Å². The molecule has 1 fully saturated rings. The topological polar surface area (TPSA) is 65.1 Å². The van der Waals surface area contributed by atoms with E-state index in [-0.39, 0.29) is 13.5 Å². The summed E-state index contributed by atoms with van der Waals surface area (Å²) in [6.45, 7) is -0.239. The Hall–Kier alpha value is -1.46. The van der Waals surface area contributed by atoms with Gasteiger partial charge in [-0.15, -0.1) is 0 Å². The van der Waals surface area contributed by atoms with Crippen molar-refractivity contribution in [1.29, 1.82) is 0 Å². The van der Waals surface area contributed by atoms with Gasteiger partial charge in [0, 0.05) is 0 Å². The Morgan fingerprint density at radius 2 is 2.09 bits per heavy atom. The van der Waals surface area contributed by atoms with E-state index in [1.807, 2.05) is 0 Å². The molecular weight excluding hydrogens is 154 g/mol. The van der Waals surface area contributed by atoms with E-state index < -0.39 is 12.2 Å². The fraction of sp³-hybridized carbons (Fsp3) is 0.600. The van der Waals surface area contributed by atoms with Gasteiger partial charge in [0.15, 0.2) is 13.5 Å². The third kappa shape index (κ3) is 1.73. The molecular formula is C5H7NO5. The Morgan fingerprint density at radius 3 is 2.55 bits per heavy atom. The van der Waals surface area contributed by atoms with Crippen LogP contribution < -0.4 is 0 Å². The van der Waals surface area contributed by atoms with Gasteiger partial charge < -0.3 is 14.2 Å². The van der Waals surface area contributed by atoms with Crippen LogP contribution in [0.1, 0.15) is 0 Å². The number of amides is 1. The van der Waals surface area contributed by atoms with Crippen LogP contribution in [0.25, 0.3) is 0 Å². The molecule has 0 aromatic carbocycles. The third-order valence-electron chi connectivity index (χ3n) is 1.11. The minimum Gasteiger partial charge on any atom is -0.453 e. The highest BCUT2D eigenvalue weighted by molar-refractivity contribution is 5.69. The van der Waals surface area contributed by atoms with Crippen LogP contribution in [0.3, 0.4) is 0 Å². The maximum absolute atomic E-state index is 10.7. The number of rotatable bonds is 0. The molecule has 0 N–H and O–H groups in total. The van der Waals surface area contributed by atoms with Gasteiger partial charge in [-0.3, -0.25) is 0 Å². The van der Waals surface area contributed by atoms with Crippen LogP contribution in [0.2, 0.25) is 0 Å². The highest BCUT2D eigenvalue weighted by Crippen LogP contribution is 2.01. The number of cyclic esters (lactones) is 2. The SMILES string of the molecule is COC(=O)N1COC(=O)OC1. The Kier molecular flexibility index (Phi) is 2.15. The van der Waals surface area contributed by atoms with E-state index in [9.17, 15) is 9.59 Å². The molecule has 0 aliphatic carbocycles. The minimum absolute atomic E-state index is 0.120. The average molecular weight is 161 g/mol. The first kappa shape index (κ1) is 7.64. The second-order valence-electron chi connectivity index (χ2n) is 1.81. The Labute approximate surface area is 62.6 Å². The molecule has 11 heavy (non-hydrogen) atoms. The molecule has 1 amide bonds. The first-order valence-corrected chi connectivity index (χ1v) is 2.86. The molecule has 0 aromatic heterocycles. The summed E-state index contributed by atoms with van der Waals surface area (Å²) in [7, 11) is 1.23. The summed E-state index contributed by atoms with van der Waals surface area (Å²) in [6.07, 6.45) is -1.36. The summed E-state index contributed by atoms with van der Waals surface area (Å²) < 4.78 is 13.1. The Bertz CT molecular complexity index is 170. The van der Waals surface area contributed by atoms with Crippen LogP contribution >= 0.6 is 0 Å². The number of hydrogen-bond acceptors (Lipinski definition) is 5. The summed E-state index contributed by atoms with van der Waals surface area (Å²) in [5, 5.41) is 0. The molecule has 1 aliphatic heterocycles. The third-order valence-corrected chi connectivity index (χ3v) is 1.11. The van der Waals surface area contributed by atoms with Crippen molar-refractivity contribution in [2.24, 2.45) is 0 Å². The van der Waals surface area contributed by atoms with E-state index >= 15 is 0 Å². The first-order valence-electron chi connectivity index (χ1n) is 2.86. The van der Waals surface area contributed by atoms with Crippen LogP contribution in [0.5, 0.6) is 0 Å². The smallest absolute Gasteiger partial charge is 0.453 e. The largest absolute Gasteiger partial charge is 0.511 e. The second-order valence-corrected chi connectivity index (χ2v) is 1.81. The van der Waals surface area contributed by atoms with E-state index in [0.29, 0.717) is 0 Å². The fourth-order valence-corrected chi connectivity index (χ4v) is 0.575. The molecule has 0 atom stereocenters. The molecule has 0 saturated carbocycles. The van der Waals surface area contributed by atoms with Gasteiger partial charge in [-0.1, -0.05) is 0 Å². The average Bonchev–Trinajstić information content (AvgIpc) is 2.05. The molecule has 1 rings (SSSR count). The van der Waals surface area contributed by atoms with Crippen molar-refractivity contribution >= 4 is 12.2 Å². The van der Waals surface area contributed by atoms with E-state index in [1.54, 1.807) is 0 Å². The zero-order chi connectivity index (χ0) is 8.27. The number of ether oxygens (including phenoxy) is 3. The molecule has 1 aliphatic rings. The highest BCUT2D eigenvalue weighted by atomic mass is 16.8. The first-order chi connectivity index (χ1) is 5.24. The summed E-state index contributed by atoms with van der Waals surface area (Å²) in [6, 6.07) is 0. The molecule has 6 heteroatoms. The van der Waals surface area contributed by atoms with Crippen LogP contribution in [-0.2, 0) is 14.2 Å². The standard InChI is InChI=1S/C5H7NO5/c1-9-4(7)6-2-10-5(8)11-3-6/h2-3H2,1H3. The lowest BCUT2D eigenvalue weighted by molar-refractivity contribution is -0.0687. The predicted molar refractivity (Wildman–Crippen MR) is 31.5 cm³/mol. The van der Waals surface area contributed by atoms with E-state index in [1.165, 1.54) is 7.11 Å². The minimum atomic E-state index is -0.773. The van der Waals surface area contributed by atoms with Crippen LogP contribution in [0.4, 0.5) is 9.59 Å². The number of hydrogen-bond donors (Lipinski definition) is 0. The lowest BCUT2D eigenvalue weighted by Gasteiger charge is -2.23. The van der Waals surface area contributed by atoms with Gasteiger partial charge >= 0.3 is 12.2 Å². The van der Waals surface area contributed by atoms with Gasteiger partial charge in [-0.25, -0.2) is 14.5 Å². The van der Waals surface area contributed by atoms with Crippen LogP contribution in [-0.4, -0.2) is 37.7 Å². The number of methoxy groups -OCH3 is 1. The van der Waals surface area contributed by atoms with Gasteiger partial charge in [0.25, 0.3) is 0 Å². The summed E-state index contributed by atoms with van der Waals surface area (Å²) >= 11 is 0. The van der Waals surface area contributed by atoms with Gasteiger partial charge in [-0.05, 0) is 0 Å². The maximum atomic E-state index is 10.7. The molecule has 0 unspecified atom stereocenters. The molecule has 0 aromatic rings. The summed E-state index contributed by atoms with van der Waals surface area (Å²) in [5.74, 6) is 0. The fourth-order valence-electron chi connectivity index (χ4n) is 0.575. The summed E-state index contributed by atoms with van der Waals surface area (Å²) in [4.78, 5) is 22.1. The molecule has 6 nitrogen and oxygen atoms in total. The van der Waals surface area contributed by atoms with Crippen molar-refractivity contribution in [3.63, 3.8) is 0 Å². The maximum Gasteiger partial charge on any atom is 0.511 e. The normalized spacial score (nSPS) is 16.8. The van der Waals surface area contributed by atoms with Crippen molar-refractivity contribution in [2.45, 2.75) is 0 Å². The zero-order valence-electron chi connectivity index (χ0n) is 5.90. The van der Waals surface area contributed by atoms with Gasteiger partial charge in [0.1, 0.15) is 0 Å². The van der Waals surface area contributed by atoms with Crippen molar-refractivity contribution < 1.29 is 23.8 Å². The van der Waals surface area contributed by atoms with Gasteiger partial charge in [0.05, 0.1) is 7.11 Å². The van der Waals surface area contributed by atoms with Crippen molar-refractivity contribution in [3.8, 4) is 0 Å². The lowest BCUT2D eigenvalue weighted by Crippen LogP contribution is -2.41. The van der Waals surface area contributed by atoms with E-state index in [0.717, 1.165) is 4.90 Å². The van der Waals surface area contributed by atoms with Crippen molar-refractivity contribution in [1.82, 2.24) is 4.90 Å². The molecule has 0 bridgehead atoms. The van der Waals surface area contributed by atoms with Gasteiger partial charge in [-0.2, -0.15) is 0 Å². The lowest BCUT2D eigenvalue weighted by atomic mass is 10.8. The quantitative estimate of drug-likeness (QED) is 0.472. The predicted octanol–water partition coefficient (Wildman–Crippen LogP) is 0.137. The molecule has 0 radical (unpaired) electrons. The zero-order valence-corrected chi connectivity index (χ0v) is 5.90. The van der Waals surface area contributed by atoms with Crippen molar-refractivity contribution in [3.05, 3.63) is 0 Å². The molecule has 62 valence electrons. The van der Waals surface area contributed by atoms with E-state index in [2.05, 4.69) is 14.2 Å². The number of carbonyl (C=O) groups excluding carboxylic acids is 2. The van der Waals surface area contributed by atoms with Crippen LogP contribution in [0, 0.1) is 0 Å². The van der Waals surface area contributed by atoms with Crippen molar-refractivity contribution in [2.75, 3.05) is 20.6 Å². The monoisotopic (exact) mass is 161 g/mol. The van der Waals surface area contributed by atoms with Crippen LogP contribution in [0.15, 0.2) is 0 Å². The van der Waals surface area contributed by atoms with Gasteiger partial charge in [0.2, 0.25) is 0 Å². The highest BCUT2D eigenvalue weighted by Gasteiger charge is 2.22. The summed E-state index contributed by atoms with van der Waals surface area (Å²) in [5.41, 5.74) is 0. The second kappa shape index (κ2) is 3.09. The number of nitrogens with zero attached hydrogens (tertiary/aromatic N) is 1. The Morgan fingerprint density at radius 1 is 1.55 bits per heavy atom. The molecule has 1 saturated heterocycles. The Balaban J connectivity index is 2.39.